The highest BCUT2D eigenvalue weighted by Crippen LogP contribution is 2.31. The standard InChI is InChI=1S/C20H20O/c1-5-15-16-11-8-12-17(20(16)21-18(15)6-2)19-13(3)9-7-10-14(19)4/h5-12H,1-4H3/b15-5-,18-6+. The molecular formula is C20H20O. The van der Waals surface area contributed by atoms with Gasteiger partial charge in [0.15, 0.2) is 0 Å². The van der Waals surface area contributed by atoms with E-state index in [-0.39, 0.29) is 0 Å². The third kappa shape index (κ3) is 2.09. The maximum absolute atomic E-state index is 6.15. The van der Waals surface area contributed by atoms with Gasteiger partial charge in [-0.2, -0.15) is 0 Å². The van der Waals surface area contributed by atoms with Crippen molar-refractivity contribution in [3.63, 3.8) is 0 Å². The van der Waals surface area contributed by atoms with Gasteiger partial charge in [-0.25, -0.2) is 0 Å². The lowest BCUT2D eigenvalue weighted by Crippen LogP contribution is -2.18. The third-order valence-corrected chi connectivity index (χ3v) is 4.08. The smallest absolute Gasteiger partial charge is 0.143 e. The second kappa shape index (κ2) is 5.25. The maximum Gasteiger partial charge on any atom is 0.143 e. The minimum atomic E-state index is 0.950. The zero-order valence-corrected chi connectivity index (χ0v) is 13.0. The van der Waals surface area contributed by atoms with E-state index in [1.165, 1.54) is 32.9 Å². The first kappa shape index (κ1) is 13.7. The number of hydrogen-bond acceptors (Lipinski definition) is 1. The maximum atomic E-state index is 6.15. The average Bonchev–Trinajstić information content (AvgIpc) is 2.85. The molecule has 0 aliphatic carbocycles. The highest BCUT2D eigenvalue weighted by molar-refractivity contribution is 5.94. The molecule has 0 atom stereocenters. The van der Waals surface area contributed by atoms with E-state index in [2.05, 4.69) is 63.2 Å². The Morgan fingerprint density at radius 2 is 1.52 bits per heavy atom. The van der Waals surface area contributed by atoms with Crippen LogP contribution in [-0.2, 0) is 0 Å². The second-order valence-electron chi connectivity index (χ2n) is 5.41. The van der Waals surface area contributed by atoms with Crippen LogP contribution in [0.15, 0.2) is 40.8 Å². The van der Waals surface area contributed by atoms with Gasteiger partial charge >= 0.3 is 0 Å². The summed E-state index contributed by atoms with van der Waals surface area (Å²) in [6.07, 6.45) is 4.15. The molecule has 2 aromatic carbocycles. The van der Waals surface area contributed by atoms with Crippen LogP contribution >= 0.6 is 0 Å². The number of fused-ring (bicyclic) bond motifs is 1. The molecule has 106 valence electrons. The van der Waals surface area contributed by atoms with E-state index in [4.69, 9.17) is 4.42 Å². The van der Waals surface area contributed by atoms with Crippen molar-refractivity contribution in [1.82, 2.24) is 0 Å². The number of hydrogen-bond donors (Lipinski definition) is 0. The summed E-state index contributed by atoms with van der Waals surface area (Å²) in [5, 5.41) is 2.37. The summed E-state index contributed by atoms with van der Waals surface area (Å²) in [6.45, 7) is 8.39. The van der Waals surface area contributed by atoms with Gasteiger partial charge in [0.05, 0.1) is 0 Å². The van der Waals surface area contributed by atoms with Crippen molar-refractivity contribution in [1.29, 1.82) is 0 Å². The van der Waals surface area contributed by atoms with E-state index < -0.39 is 0 Å². The second-order valence-corrected chi connectivity index (χ2v) is 5.41. The Balaban J connectivity index is 2.49. The van der Waals surface area contributed by atoms with Crippen molar-refractivity contribution < 1.29 is 4.42 Å². The van der Waals surface area contributed by atoms with E-state index in [1.54, 1.807) is 0 Å². The quantitative estimate of drug-likeness (QED) is 0.645. The Kier molecular flexibility index (Phi) is 3.42. The molecule has 0 amide bonds. The third-order valence-electron chi connectivity index (χ3n) is 4.08. The van der Waals surface area contributed by atoms with Gasteiger partial charge in [0, 0.05) is 16.2 Å². The van der Waals surface area contributed by atoms with Gasteiger partial charge in [0.25, 0.3) is 0 Å². The molecule has 0 aliphatic heterocycles. The zero-order chi connectivity index (χ0) is 15.0. The molecule has 1 nitrogen and oxygen atoms in total. The first-order valence-corrected chi connectivity index (χ1v) is 7.38. The van der Waals surface area contributed by atoms with E-state index in [0.717, 1.165) is 11.0 Å². The monoisotopic (exact) mass is 276 g/mol. The van der Waals surface area contributed by atoms with Crippen LogP contribution < -0.4 is 10.6 Å². The normalized spacial score (nSPS) is 13.3. The van der Waals surface area contributed by atoms with E-state index in [1.807, 2.05) is 13.0 Å². The molecule has 0 fully saturated rings. The lowest BCUT2D eigenvalue weighted by atomic mass is 9.94. The molecule has 0 radical (unpaired) electrons. The highest BCUT2D eigenvalue weighted by atomic mass is 16.3. The molecule has 0 N–H and O–H groups in total. The van der Waals surface area contributed by atoms with Crippen LogP contribution in [0.1, 0.15) is 25.0 Å². The minimum absolute atomic E-state index is 0.950. The summed E-state index contributed by atoms with van der Waals surface area (Å²) < 4.78 is 6.15. The molecule has 3 aromatic rings. The zero-order valence-electron chi connectivity index (χ0n) is 13.0. The summed E-state index contributed by atoms with van der Waals surface area (Å²) in [5.74, 6) is 0. The van der Waals surface area contributed by atoms with Crippen LogP contribution in [0.2, 0.25) is 0 Å². The van der Waals surface area contributed by atoms with Crippen LogP contribution in [-0.4, -0.2) is 0 Å². The molecule has 0 spiro atoms. The average molecular weight is 276 g/mol. The van der Waals surface area contributed by atoms with Crippen molar-refractivity contribution >= 4 is 23.1 Å². The predicted molar refractivity (Wildman–Crippen MR) is 90.7 cm³/mol. The molecule has 0 saturated carbocycles. The van der Waals surface area contributed by atoms with Gasteiger partial charge in [-0.15, -0.1) is 0 Å². The molecule has 1 aromatic heterocycles. The Morgan fingerprint density at radius 3 is 2.14 bits per heavy atom. The van der Waals surface area contributed by atoms with Gasteiger partial charge in [-0.3, -0.25) is 0 Å². The molecule has 1 heterocycles. The van der Waals surface area contributed by atoms with Crippen molar-refractivity contribution in [2.45, 2.75) is 27.7 Å². The van der Waals surface area contributed by atoms with E-state index in [9.17, 15) is 0 Å². The van der Waals surface area contributed by atoms with Crippen LogP contribution in [0.4, 0.5) is 0 Å². The Bertz CT molecular complexity index is 906. The molecule has 0 aliphatic rings. The fraction of sp³-hybridized carbons (Fsp3) is 0.200. The Morgan fingerprint density at radius 1 is 0.857 bits per heavy atom. The van der Waals surface area contributed by atoms with Crippen LogP contribution in [0, 0.1) is 13.8 Å². The van der Waals surface area contributed by atoms with Gasteiger partial charge in [-0.1, -0.05) is 42.5 Å². The Labute approximate surface area is 125 Å². The van der Waals surface area contributed by atoms with Gasteiger partial charge in [0.2, 0.25) is 0 Å². The fourth-order valence-corrected chi connectivity index (χ4v) is 3.11. The lowest BCUT2D eigenvalue weighted by molar-refractivity contribution is 0.575. The molecular weight excluding hydrogens is 256 g/mol. The molecule has 0 unspecified atom stereocenters. The summed E-state index contributed by atoms with van der Waals surface area (Å²) in [7, 11) is 0. The van der Waals surface area contributed by atoms with Crippen LogP contribution in [0.25, 0.3) is 34.2 Å². The lowest BCUT2D eigenvalue weighted by Gasteiger charge is -2.10. The van der Waals surface area contributed by atoms with Crippen molar-refractivity contribution in [3.05, 3.63) is 58.2 Å². The number of rotatable bonds is 1. The SMILES string of the molecule is C/C=c1\c(=C/C)oc2c(-c3c(C)cccc3C)cccc12. The van der Waals surface area contributed by atoms with Crippen molar-refractivity contribution in [2.75, 3.05) is 0 Å². The minimum Gasteiger partial charge on any atom is -0.456 e. The first-order valence-electron chi connectivity index (χ1n) is 7.38. The van der Waals surface area contributed by atoms with Gasteiger partial charge in [0.1, 0.15) is 11.0 Å². The number of para-hydroxylation sites is 1. The van der Waals surface area contributed by atoms with Crippen LogP contribution in [0.3, 0.4) is 0 Å². The molecule has 21 heavy (non-hydrogen) atoms. The highest BCUT2D eigenvalue weighted by Gasteiger charge is 2.12. The largest absolute Gasteiger partial charge is 0.456 e. The van der Waals surface area contributed by atoms with Crippen molar-refractivity contribution in [2.24, 2.45) is 0 Å². The fourth-order valence-electron chi connectivity index (χ4n) is 3.11. The summed E-state index contributed by atoms with van der Waals surface area (Å²) in [5.41, 5.74) is 6.95. The number of benzene rings is 2. The molecule has 3 rings (SSSR count). The molecule has 0 saturated heterocycles. The van der Waals surface area contributed by atoms with Gasteiger partial charge in [-0.05, 0) is 50.5 Å². The van der Waals surface area contributed by atoms with Gasteiger partial charge < -0.3 is 4.42 Å². The van der Waals surface area contributed by atoms with E-state index >= 15 is 0 Å². The van der Waals surface area contributed by atoms with Crippen molar-refractivity contribution in [3.8, 4) is 11.1 Å². The molecule has 1 heteroatoms. The predicted octanol–water partition coefficient (Wildman–Crippen LogP) is 4.32. The summed E-state index contributed by atoms with van der Waals surface area (Å²) in [6, 6.07) is 12.8. The topological polar surface area (TPSA) is 13.1 Å². The number of aryl methyl sites for hydroxylation is 2. The van der Waals surface area contributed by atoms with Crippen LogP contribution in [0.5, 0.6) is 0 Å². The Hall–Kier alpha value is -2.28. The summed E-state index contributed by atoms with van der Waals surface area (Å²) in [4.78, 5) is 0. The first-order chi connectivity index (χ1) is 10.2. The summed E-state index contributed by atoms with van der Waals surface area (Å²) >= 11 is 0. The number of furan rings is 1. The molecule has 0 bridgehead atoms. The van der Waals surface area contributed by atoms with E-state index in [0.29, 0.717) is 0 Å².